The molecule has 0 radical (unpaired) electrons. The van der Waals surface area contributed by atoms with Crippen LogP contribution in [0.15, 0.2) is 35.7 Å². The summed E-state index contributed by atoms with van der Waals surface area (Å²) in [7, 11) is 0. The largest absolute Gasteiger partial charge is 0.309 e. The van der Waals surface area contributed by atoms with Gasteiger partial charge < -0.3 is 5.32 Å². The van der Waals surface area contributed by atoms with Gasteiger partial charge in [-0.3, -0.25) is 4.90 Å². The zero-order chi connectivity index (χ0) is 13.8. The third-order valence-corrected chi connectivity index (χ3v) is 4.66. The fourth-order valence-corrected chi connectivity index (χ4v) is 3.52. The van der Waals surface area contributed by atoms with Crippen LogP contribution in [-0.4, -0.2) is 29.5 Å². The number of hydrogen-bond donors (Lipinski definition) is 1. The molecule has 0 bridgehead atoms. The van der Waals surface area contributed by atoms with Crippen LogP contribution in [0.4, 0.5) is 0 Å². The summed E-state index contributed by atoms with van der Waals surface area (Å²) in [4.78, 5) is 7.11. The zero-order valence-corrected chi connectivity index (χ0v) is 12.7. The summed E-state index contributed by atoms with van der Waals surface area (Å²) < 4.78 is 0. The van der Waals surface area contributed by atoms with E-state index in [2.05, 4.69) is 57.8 Å². The number of benzene rings is 1. The van der Waals surface area contributed by atoms with Crippen LogP contribution >= 0.6 is 11.3 Å². The number of hydrogen-bond acceptors (Lipinski definition) is 4. The van der Waals surface area contributed by atoms with Gasteiger partial charge in [0, 0.05) is 23.7 Å². The van der Waals surface area contributed by atoms with E-state index >= 15 is 0 Å². The van der Waals surface area contributed by atoms with Gasteiger partial charge in [0.1, 0.15) is 5.01 Å². The Morgan fingerprint density at radius 3 is 2.95 bits per heavy atom. The molecule has 0 saturated carbocycles. The van der Waals surface area contributed by atoms with Crippen LogP contribution in [0.25, 0.3) is 0 Å². The molecule has 0 aliphatic carbocycles. The van der Waals surface area contributed by atoms with Gasteiger partial charge in [-0.1, -0.05) is 30.3 Å². The molecule has 3 nitrogen and oxygen atoms in total. The number of nitrogens with zero attached hydrogens (tertiary/aromatic N) is 2. The Bertz CT molecular complexity index is 538. The van der Waals surface area contributed by atoms with Crippen molar-refractivity contribution in [3.8, 4) is 0 Å². The second-order valence-corrected chi connectivity index (χ2v) is 6.33. The van der Waals surface area contributed by atoms with Crippen molar-refractivity contribution in [3.05, 3.63) is 52.0 Å². The molecule has 20 heavy (non-hydrogen) atoms. The Kier molecular flexibility index (Phi) is 4.45. The lowest BCUT2D eigenvalue weighted by atomic mass is 10.1. The second-order valence-electron chi connectivity index (χ2n) is 5.39. The maximum Gasteiger partial charge on any atom is 0.107 e. The second kappa shape index (κ2) is 6.48. The maximum absolute atomic E-state index is 4.59. The van der Waals surface area contributed by atoms with E-state index in [1.54, 1.807) is 11.3 Å². The minimum absolute atomic E-state index is 0.430. The highest BCUT2D eigenvalue weighted by Gasteiger charge is 2.19. The number of aromatic nitrogens is 1. The molecule has 3 rings (SSSR count). The zero-order valence-electron chi connectivity index (χ0n) is 11.9. The lowest BCUT2D eigenvalue weighted by molar-refractivity contribution is 0.260. The first-order chi connectivity index (χ1) is 9.81. The molecule has 1 fully saturated rings. The van der Waals surface area contributed by atoms with E-state index in [1.165, 1.54) is 17.0 Å². The predicted octanol–water partition coefficient (Wildman–Crippen LogP) is 2.99. The number of aryl methyl sites for hydroxylation is 1. The van der Waals surface area contributed by atoms with Crippen molar-refractivity contribution in [2.24, 2.45) is 0 Å². The fraction of sp³-hybridized carbons (Fsp3) is 0.438. The molecular formula is C16H21N3S. The van der Waals surface area contributed by atoms with Crippen molar-refractivity contribution in [2.45, 2.75) is 25.9 Å². The summed E-state index contributed by atoms with van der Waals surface area (Å²) in [5.41, 5.74) is 2.52. The average molecular weight is 287 g/mol. The van der Waals surface area contributed by atoms with E-state index in [-0.39, 0.29) is 0 Å². The number of nitrogens with one attached hydrogen (secondary N) is 1. The first-order valence-electron chi connectivity index (χ1n) is 7.23. The highest BCUT2D eigenvalue weighted by molar-refractivity contribution is 7.09. The molecule has 1 N–H and O–H groups in total. The van der Waals surface area contributed by atoms with Crippen molar-refractivity contribution < 1.29 is 0 Å². The van der Waals surface area contributed by atoms with Gasteiger partial charge >= 0.3 is 0 Å². The SMILES string of the molecule is Cc1csc(CN2CCCNC(c3ccccc3)C2)n1. The number of thiazole rings is 1. The first kappa shape index (κ1) is 13.7. The topological polar surface area (TPSA) is 28.2 Å². The summed E-state index contributed by atoms with van der Waals surface area (Å²) in [5.74, 6) is 0. The van der Waals surface area contributed by atoms with Gasteiger partial charge in [0.15, 0.2) is 0 Å². The molecule has 1 aliphatic heterocycles. The van der Waals surface area contributed by atoms with E-state index in [0.717, 1.165) is 31.9 Å². The smallest absolute Gasteiger partial charge is 0.107 e. The van der Waals surface area contributed by atoms with Crippen LogP contribution in [-0.2, 0) is 6.54 Å². The lowest BCUT2D eigenvalue weighted by Gasteiger charge is -2.23. The van der Waals surface area contributed by atoms with Crippen molar-refractivity contribution in [1.29, 1.82) is 0 Å². The molecule has 1 saturated heterocycles. The molecule has 2 heterocycles. The van der Waals surface area contributed by atoms with Crippen molar-refractivity contribution in [3.63, 3.8) is 0 Å². The van der Waals surface area contributed by atoms with Crippen molar-refractivity contribution >= 4 is 11.3 Å². The van der Waals surface area contributed by atoms with Gasteiger partial charge in [-0.2, -0.15) is 0 Å². The fourth-order valence-electron chi connectivity index (χ4n) is 2.71. The van der Waals surface area contributed by atoms with Gasteiger partial charge in [0.05, 0.1) is 6.54 Å². The van der Waals surface area contributed by atoms with Crippen LogP contribution in [0.1, 0.15) is 28.7 Å². The molecule has 0 spiro atoms. The molecule has 2 aromatic rings. The monoisotopic (exact) mass is 287 g/mol. The number of rotatable bonds is 3. The molecule has 1 atom stereocenters. The van der Waals surface area contributed by atoms with Gasteiger partial charge in [-0.25, -0.2) is 4.98 Å². The Balaban J connectivity index is 1.69. The summed E-state index contributed by atoms with van der Waals surface area (Å²) in [6, 6.07) is 11.2. The third-order valence-electron chi connectivity index (χ3n) is 3.71. The van der Waals surface area contributed by atoms with Gasteiger partial charge in [0.2, 0.25) is 0 Å². The van der Waals surface area contributed by atoms with E-state index < -0.39 is 0 Å². The summed E-state index contributed by atoms with van der Waals surface area (Å²) in [5, 5.41) is 7.03. The molecule has 4 heteroatoms. The van der Waals surface area contributed by atoms with Crippen LogP contribution in [0.5, 0.6) is 0 Å². The summed E-state index contributed by atoms with van der Waals surface area (Å²) in [6.07, 6.45) is 1.20. The average Bonchev–Trinajstić information content (AvgIpc) is 2.74. The Labute approximate surface area is 124 Å². The molecule has 1 aromatic heterocycles. The minimum atomic E-state index is 0.430. The van der Waals surface area contributed by atoms with Crippen LogP contribution in [0.3, 0.4) is 0 Å². The van der Waals surface area contributed by atoms with Crippen LogP contribution in [0.2, 0.25) is 0 Å². The van der Waals surface area contributed by atoms with E-state index in [1.807, 2.05) is 0 Å². The highest BCUT2D eigenvalue weighted by atomic mass is 32.1. The normalized spacial score (nSPS) is 20.8. The van der Waals surface area contributed by atoms with Gasteiger partial charge in [-0.15, -0.1) is 11.3 Å². The van der Waals surface area contributed by atoms with E-state index in [9.17, 15) is 0 Å². The van der Waals surface area contributed by atoms with Gasteiger partial charge in [0.25, 0.3) is 0 Å². The summed E-state index contributed by atoms with van der Waals surface area (Å²) in [6.45, 7) is 6.34. The Morgan fingerprint density at radius 2 is 2.20 bits per heavy atom. The van der Waals surface area contributed by atoms with Crippen molar-refractivity contribution in [2.75, 3.05) is 19.6 Å². The predicted molar refractivity (Wildman–Crippen MR) is 83.9 cm³/mol. The van der Waals surface area contributed by atoms with Gasteiger partial charge in [-0.05, 0) is 32.0 Å². The highest BCUT2D eigenvalue weighted by Crippen LogP contribution is 2.19. The molecule has 106 valence electrons. The Hall–Kier alpha value is -1.23. The molecule has 0 amide bonds. The standard InChI is InChI=1S/C16H21N3S/c1-13-12-20-16(18-13)11-19-9-5-8-17-15(10-19)14-6-3-2-4-7-14/h2-4,6-7,12,15,17H,5,8-11H2,1H3. The first-order valence-corrected chi connectivity index (χ1v) is 8.11. The van der Waals surface area contributed by atoms with Crippen molar-refractivity contribution in [1.82, 2.24) is 15.2 Å². The van der Waals surface area contributed by atoms with E-state index in [0.29, 0.717) is 6.04 Å². The minimum Gasteiger partial charge on any atom is -0.309 e. The van der Waals surface area contributed by atoms with E-state index in [4.69, 9.17) is 0 Å². The molecule has 1 aromatic carbocycles. The molecule has 1 aliphatic rings. The third kappa shape index (κ3) is 3.45. The Morgan fingerprint density at radius 1 is 1.35 bits per heavy atom. The maximum atomic E-state index is 4.59. The quantitative estimate of drug-likeness (QED) is 0.940. The lowest BCUT2D eigenvalue weighted by Crippen LogP contribution is -2.31. The van der Waals surface area contributed by atoms with Crippen LogP contribution < -0.4 is 5.32 Å². The van der Waals surface area contributed by atoms with Crippen LogP contribution in [0, 0.1) is 6.92 Å². The molecule has 1 unspecified atom stereocenters. The molecular weight excluding hydrogens is 266 g/mol. The summed E-state index contributed by atoms with van der Waals surface area (Å²) >= 11 is 1.77.